The summed E-state index contributed by atoms with van der Waals surface area (Å²) in [7, 11) is 0. The van der Waals surface area contributed by atoms with Crippen LogP contribution in [-0.4, -0.2) is 21.5 Å². The summed E-state index contributed by atoms with van der Waals surface area (Å²) in [5.74, 6) is 1.49. The minimum atomic E-state index is -0.111. The van der Waals surface area contributed by atoms with Gasteiger partial charge < -0.3 is 24.3 Å². The van der Waals surface area contributed by atoms with Gasteiger partial charge in [0.05, 0.1) is 17.8 Å². The van der Waals surface area contributed by atoms with Crippen LogP contribution in [0.3, 0.4) is 0 Å². The van der Waals surface area contributed by atoms with Crippen LogP contribution >= 0.6 is 12.2 Å². The molecule has 4 aromatic rings. The molecule has 2 atom stereocenters. The number of aryl methyl sites for hydroxylation is 2. The van der Waals surface area contributed by atoms with E-state index in [4.69, 9.17) is 26.7 Å². The van der Waals surface area contributed by atoms with Crippen molar-refractivity contribution >= 4 is 23.0 Å². The van der Waals surface area contributed by atoms with Crippen LogP contribution in [0, 0.1) is 13.8 Å². The molecule has 7 heteroatoms. The van der Waals surface area contributed by atoms with Crippen molar-refractivity contribution in [2.45, 2.75) is 39.3 Å². The molecule has 0 unspecified atom stereocenters. The number of hydrogen-bond donors (Lipinski definition) is 1. The van der Waals surface area contributed by atoms with Crippen molar-refractivity contribution in [1.82, 2.24) is 14.9 Å². The Bertz CT molecular complexity index is 1430. The van der Waals surface area contributed by atoms with Crippen LogP contribution in [0.25, 0.3) is 5.69 Å². The number of nitrogens with zero attached hydrogens (tertiary/aromatic N) is 3. The Labute approximate surface area is 216 Å². The second kappa shape index (κ2) is 8.99. The number of ether oxygens (including phenoxy) is 2. The summed E-state index contributed by atoms with van der Waals surface area (Å²) in [5, 5.41) is 4.22. The van der Waals surface area contributed by atoms with Crippen LogP contribution in [0.2, 0.25) is 0 Å². The molecule has 0 aliphatic carbocycles. The maximum absolute atomic E-state index is 5.92. The van der Waals surface area contributed by atoms with Gasteiger partial charge in [-0.15, -0.1) is 0 Å². The molecule has 1 saturated heterocycles. The van der Waals surface area contributed by atoms with E-state index in [-0.39, 0.29) is 18.9 Å². The van der Waals surface area contributed by atoms with Gasteiger partial charge in [0.2, 0.25) is 6.79 Å². The van der Waals surface area contributed by atoms with E-state index in [9.17, 15) is 0 Å². The molecular formula is C29H28N4O2S. The largest absolute Gasteiger partial charge is 0.454 e. The predicted molar refractivity (Wildman–Crippen MR) is 145 cm³/mol. The van der Waals surface area contributed by atoms with Gasteiger partial charge in [0.25, 0.3) is 0 Å². The number of pyridine rings is 1. The van der Waals surface area contributed by atoms with Gasteiger partial charge in [-0.2, -0.15) is 0 Å². The molecule has 2 aromatic carbocycles. The third kappa shape index (κ3) is 3.71. The van der Waals surface area contributed by atoms with Gasteiger partial charge in [0.1, 0.15) is 0 Å². The first-order valence-corrected chi connectivity index (χ1v) is 12.6. The van der Waals surface area contributed by atoms with E-state index in [1.165, 1.54) is 22.5 Å². The smallest absolute Gasteiger partial charge is 0.231 e. The molecule has 36 heavy (non-hydrogen) atoms. The van der Waals surface area contributed by atoms with E-state index < -0.39 is 0 Å². The fourth-order valence-corrected chi connectivity index (χ4v) is 5.70. The highest BCUT2D eigenvalue weighted by atomic mass is 32.1. The molecule has 2 aliphatic rings. The molecule has 0 bridgehead atoms. The van der Waals surface area contributed by atoms with Gasteiger partial charge in [-0.1, -0.05) is 25.1 Å². The Morgan fingerprint density at radius 1 is 0.972 bits per heavy atom. The zero-order valence-corrected chi connectivity index (χ0v) is 21.4. The fourth-order valence-electron chi connectivity index (χ4n) is 5.35. The van der Waals surface area contributed by atoms with Crippen molar-refractivity contribution in [2.75, 3.05) is 11.7 Å². The summed E-state index contributed by atoms with van der Waals surface area (Å²) < 4.78 is 13.5. The van der Waals surface area contributed by atoms with Crippen LogP contribution in [-0.2, 0) is 6.42 Å². The number of nitrogens with one attached hydrogen (secondary N) is 1. The molecule has 0 radical (unpaired) electrons. The fraction of sp³-hybridized carbons (Fsp3) is 0.241. The first kappa shape index (κ1) is 22.6. The number of thiocarbonyl (C=S) groups is 1. The molecular weight excluding hydrogens is 468 g/mol. The minimum absolute atomic E-state index is 0.0948. The summed E-state index contributed by atoms with van der Waals surface area (Å²) in [4.78, 5) is 6.88. The van der Waals surface area contributed by atoms with Gasteiger partial charge in [0.15, 0.2) is 16.6 Å². The van der Waals surface area contributed by atoms with E-state index in [2.05, 4.69) is 72.0 Å². The van der Waals surface area contributed by atoms with Crippen molar-refractivity contribution in [3.8, 4) is 17.2 Å². The van der Waals surface area contributed by atoms with E-state index in [1.807, 2.05) is 36.5 Å². The summed E-state index contributed by atoms with van der Waals surface area (Å²) in [6, 6.07) is 22.9. The quantitative estimate of drug-likeness (QED) is 0.344. The molecule has 1 N–H and O–H groups in total. The Hall–Kier alpha value is -3.84. The Morgan fingerprint density at radius 3 is 2.50 bits per heavy atom. The highest BCUT2D eigenvalue weighted by molar-refractivity contribution is 7.80. The van der Waals surface area contributed by atoms with Crippen LogP contribution in [0.5, 0.6) is 11.5 Å². The monoisotopic (exact) mass is 496 g/mol. The molecule has 1 fully saturated rings. The molecule has 6 rings (SSSR count). The third-order valence-electron chi connectivity index (χ3n) is 7.12. The Morgan fingerprint density at radius 2 is 1.75 bits per heavy atom. The van der Waals surface area contributed by atoms with Crippen molar-refractivity contribution in [1.29, 1.82) is 0 Å². The number of benzene rings is 2. The van der Waals surface area contributed by atoms with Gasteiger partial charge in [-0.05, 0) is 86.1 Å². The average Bonchev–Trinajstić information content (AvgIpc) is 3.59. The molecule has 0 spiro atoms. The second-order valence-electron chi connectivity index (χ2n) is 9.22. The van der Waals surface area contributed by atoms with E-state index in [0.717, 1.165) is 35.0 Å². The summed E-state index contributed by atoms with van der Waals surface area (Å²) in [5.41, 5.74) is 7.95. The summed E-state index contributed by atoms with van der Waals surface area (Å²) in [6.07, 6.45) is 2.86. The van der Waals surface area contributed by atoms with Crippen molar-refractivity contribution in [3.63, 3.8) is 0 Å². The normalized spacial score (nSPS) is 18.5. The number of aromatic nitrogens is 2. The topological polar surface area (TPSA) is 51.6 Å². The van der Waals surface area contributed by atoms with Crippen molar-refractivity contribution in [2.24, 2.45) is 0 Å². The van der Waals surface area contributed by atoms with Gasteiger partial charge in [-0.25, -0.2) is 0 Å². The SMILES string of the molecule is CCc1ccc(-n2c(C)cc([C@H]3[C@@H](c4ccccn4)NC(=S)N3c3ccc4c(c3)OCO4)c2C)cc1. The maximum atomic E-state index is 5.92. The van der Waals surface area contributed by atoms with Crippen molar-refractivity contribution < 1.29 is 9.47 Å². The molecule has 4 heterocycles. The van der Waals surface area contributed by atoms with Gasteiger partial charge in [-0.3, -0.25) is 4.98 Å². The van der Waals surface area contributed by atoms with Crippen LogP contribution in [0.1, 0.15) is 47.2 Å². The zero-order valence-electron chi connectivity index (χ0n) is 20.6. The highest BCUT2D eigenvalue weighted by Crippen LogP contribution is 2.46. The highest BCUT2D eigenvalue weighted by Gasteiger charge is 2.42. The predicted octanol–water partition coefficient (Wildman–Crippen LogP) is 5.96. The van der Waals surface area contributed by atoms with Crippen molar-refractivity contribution in [3.05, 3.63) is 101 Å². The lowest BCUT2D eigenvalue weighted by molar-refractivity contribution is 0.174. The van der Waals surface area contributed by atoms with Crippen LogP contribution < -0.4 is 19.7 Å². The molecule has 182 valence electrons. The number of fused-ring (bicyclic) bond motifs is 1. The van der Waals surface area contributed by atoms with Gasteiger partial charge in [0, 0.05) is 35.0 Å². The van der Waals surface area contributed by atoms with Crippen LogP contribution in [0.15, 0.2) is 72.9 Å². The average molecular weight is 497 g/mol. The molecule has 2 aromatic heterocycles. The summed E-state index contributed by atoms with van der Waals surface area (Å²) >= 11 is 5.92. The molecule has 0 amide bonds. The second-order valence-corrected chi connectivity index (χ2v) is 9.60. The Kier molecular flexibility index (Phi) is 5.64. The van der Waals surface area contributed by atoms with E-state index in [1.54, 1.807) is 0 Å². The molecule has 6 nitrogen and oxygen atoms in total. The number of rotatable bonds is 5. The lowest BCUT2D eigenvalue weighted by atomic mass is 9.96. The van der Waals surface area contributed by atoms with E-state index in [0.29, 0.717) is 5.11 Å². The number of anilines is 1. The lowest BCUT2D eigenvalue weighted by Gasteiger charge is -2.28. The van der Waals surface area contributed by atoms with Gasteiger partial charge >= 0.3 is 0 Å². The standard InChI is InChI=1S/C29H28N4O2S/c1-4-20-8-10-21(11-9-20)32-18(2)15-23(19(32)3)28-27(24-7-5-6-14-30-24)31-29(36)33(28)22-12-13-25-26(16-22)35-17-34-25/h5-16,27-28H,4,17H2,1-3H3,(H,31,36)/t27-,28+/m1/s1. The first-order chi connectivity index (χ1) is 17.5. The summed E-state index contributed by atoms with van der Waals surface area (Å²) in [6.45, 7) is 6.76. The van der Waals surface area contributed by atoms with Crippen LogP contribution in [0.4, 0.5) is 5.69 Å². The Balaban J connectivity index is 1.49. The third-order valence-corrected chi connectivity index (χ3v) is 7.44. The number of hydrogen-bond acceptors (Lipinski definition) is 4. The first-order valence-electron chi connectivity index (χ1n) is 12.2. The lowest BCUT2D eigenvalue weighted by Crippen LogP contribution is -2.29. The maximum Gasteiger partial charge on any atom is 0.231 e. The van der Waals surface area contributed by atoms with E-state index >= 15 is 0 Å². The minimum Gasteiger partial charge on any atom is -0.454 e. The molecule has 0 saturated carbocycles. The molecule has 2 aliphatic heterocycles. The zero-order chi connectivity index (χ0) is 24.8.